The van der Waals surface area contributed by atoms with Crippen molar-refractivity contribution < 1.29 is 14.7 Å². The number of nitrogens with one attached hydrogen (secondary N) is 1. The predicted molar refractivity (Wildman–Crippen MR) is 87.2 cm³/mol. The van der Waals surface area contributed by atoms with Crippen molar-refractivity contribution in [1.82, 2.24) is 19.6 Å². The second-order valence-corrected chi connectivity index (χ2v) is 6.96. The van der Waals surface area contributed by atoms with Crippen LogP contribution >= 0.6 is 0 Å². The summed E-state index contributed by atoms with van der Waals surface area (Å²) in [5, 5.41) is 16.8. The first-order chi connectivity index (χ1) is 11.6. The number of piperidine rings is 1. The van der Waals surface area contributed by atoms with Gasteiger partial charge in [-0.15, -0.1) is 0 Å². The van der Waals surface area contributed by atoms with Crippen molar-refractivity contribution in [2.75, 3.05) is 31.5 Å². The molecule has 8 heteroatoms. The number of hydrogen-bond acceptors (Lipinski definition) is 4. The van der Waals surface area contributed by atoms with Gasteiger partial charge >= 0.3 is 6.09 Å². The third-order valence-corrected chi connectivity index (χ3v) is 5.72. The van der Waals surface area contributed by atoms with E-state index >= 15 is 0 Å². The van der Waals surface area contributed by atoms with E-state index in [1.54, 1.807) is 6.20 Å². The molecule has 0 atom stereocenters. The molecule has 4 rings (SSSR count). The minimum absolute atomic E-state index is 0.0342. The summed E-state index contributed by atoms with van der Waals surface area (Å²) in [5.41, 5.74) is 0.462. The van der Waals surface area contributed by atoms with E-state index in [9.17, 15) is 9.59 Å². The van der Waals surface area contributed by atoms with Crippen molar-refractivity contribution in [3.05, 3.63) is 11.8 Å². The first-order valence-corrected chi connectivity index (χ1v) is 8.70. The van der Waals surface area contributed by atoms with Crippen LogP contribution in [-0.2, 0) is 6.54 Å². The Balaban J connectivity index is 1.56. The normalized spacial score (nSPS) is 22.3. The van der Waals surface area contributed by atoms with Crippen LogP contribution in [0.3, 0.4) is 0 Å². The van der Waals surface area contributed by atoms with Gasteiger partial charge in [-0.1, -0.05) is 0 Å². The molecule has 130 valence electrons. The molecular formula is C16H23N5O3. The smallest absolute Gasteiger partial charge is 0.407 e. The van der Waals surface area contributed by atoms with Gasteiger partial charge in [0.15, 0.2) is 0 Å². The number of carboxylic acid groups (broad SMARTS) is 1. The van der Waals surface area contributed by atoms with Gasteiger partial charge in [0.05, 0.1) is 6.20 Å². The minimum Gasteiger partial charge on any atom is -0.465 e. The Bertz CT molecular complexity index is 663. The van der Waals surface area contributed by atoms with Gasteiger partial charge in [0.1, 0.15) is 11.4 Å². The highest BCUT2D eigenvalue weighted by molar-refractivity contribution is 5.99. The molecule has 2 saturated heterocycles. The van der Waals surface area contributed by atoms with Crippen molar-refractivity contribution in [3.8, 4) is 0 Å². The molecule has 0 aliphatic carbocycles. The van der Waals surface area contributed by atoms with Gasteiger partial charge in [-0.05, 0) is 32.1 Å². The highest BCUT2D eigenvalue weighted by Crippen LogP contribution is 2.40. The zero-order valence-corrected chi connectivity index (χ0v) is 13.7. The van der Waals surface area contributed by atoms with Crippen LogP contribution in [0.15, 0.2) is 6.20 Å². The van der Waals surface area contributed by atoms with Gasteiger partial charge < -0.3 is 20.2 Å². The number of anilines is 1. The van der Waals surface area contributed by atoms with Crippen molar-refractivity contribution in [2.24, 2.45) is 0 Å². The molecular weight excluding hydrogens is 310 g/mol. The topological polar surface area (TPSA) is 90.7 Å². The third-order valence-electron chi connectivity index (χ3n) is 5.72. The van der Waals surface area contributed by atoms with Crippen LogP contribution in [0.25, 0.3) is 0 Å². The van der Waals surface area contributed by atoms with Gasteiger partial charge in [0, 0.05) is 38.3 Å². The van der Waals surface area contributed by atoms with Gasteiger partial charge in [-0.25, -0.2) is 9.48 Å². The number of hydrogen-bond donors (Lipinski definition) is 2. The molecule has 4 heterocycles. The zero-order chi connectivity index (χ0) is 16.7. The highest BCUT2D eigenvalue weighted by atomic mass is 16.4. The lowest BCUT2D eigenvalue weighted by atomic mass is 9.84. The number of carbonyl (C=O) groups is 2. The average molecular weight is 333 g/mol. The van der Waals surface area contributed by atoms with E-state index in [2.05, 4.69) is 10.4 Å². The summed E-state index contributed by atoms with van der Waals surface area (Å²) in [4.78, 5) is 27.8. The summed E-state index contributed by atoms with van der Waals surface area (Å²) < 4.78 is 1.87. The molecule has 0 unspecified atom stereocenters. The second kappa shape index (κ2) is 5.68. The molecule has 0 saturated carbocycles. The maximum absolute atomic E-state index is 13.2. The van der Waals surface area contributed by atoms with Crippen LogP contribution < -0.4 is 5.32 Å². The predicted octanol–water partition coefficient (Wildman–Crippen LogP) is 1.45. The van der Waals surface area contributed by atoms with Gasteiger partial charge in [-0.3, -0.25) is 4.79 Å². The van der Waals surface area contributed by atoms with Crippen molar-refractivity contribution >= 4 is 17.8 Å². The number of amides is 2. The monoisotopic (exact) mass is 333 g/mol. The summed E-state index contributed by atoms with van der Waals surface area (Å²) >= 11 is 0. The van der Waals surface area contributed by atoms with Crippen LogP contribution in [0.2, 0.25) is 0 Å². The fourth-order valence-corrected chi connectivity index (χ4v) is 4.37. The largest absolute Gasteiger partial charge is 0.465 e. The number of likely N-dealkylation sites (tertiary alicyclic amines) is 2. The second-order valence-electron chi connectivity index (χ2n) is 6.96. The summed E-state index contributed by atoms with van der Waals surface area (Å²) in [6.45, 7) is 3.46. The molecule has 1 spiro atoms. The Labute approximate surface area is 140 Å². The molecule has 24 heavy (non-hydrogen) atoms. The Hall–Kier alpha value is -2.25. The van der Waals surface area contributed by atoms with Crippen LogP contribution in [-0.4, -0.2) is 68.4 Å². The Morgan fingerprint density at radius 3 is 2.67 bits per heavy atom. The third kappa shape index (κ3) is 2.32. The van der Waals surface area contributed by atoms with Gasteiger partial charge in [-0.2, -0.15) is 5.10 Å². The Morgan fingerprint density at radius 1 is 1.12 bits per heavy atom. The summed E-state index contributed by atoms with van der Waals surface area (Å²) in [7, 11) is 0. The van der Waals surface area contributed by atoms with E-state index in [1.165, 1.54) is 4.90 Å². The first kappa shape index (κ1) is 15.3. The van der Waals surface area contributed by atoms with E-state index in [4.69, 9.17) is 5.11 Å². The zero-order valence-electron chi connectivity index (χ0n) is 13.7. The fraction of sp³-hybridized carbons (Fsp3) is 0.688. The molecule has 1 aromatic heterocycles. The molecule has 8 nitrogen and oxygen atoms in total. The summed E-state index contributed by atoms with van der Waals surface area (Å²) in [6.07, 6.45) is 5.22. The lowest BCUT2D eigenvalue weighted by Crippen LogP contribution is -2.54. The fourth-order valence-electron chi connectivity index (χ4n) is 4.37. The van der Waals surface area contributed by atoms with E-state index in [0.717, 1.165) is 57.6 Å². The van der Waals surface area contributed by atoms with E-state index in [1.807, 2.05) is 9.58 Å². The summed E-state index contributed by atoms with van der Waals surface area (Å²) in [6, 6.07) is 0. The molecule has 0 radical (unpaired) electrons. The number of fused-ring (bicyclic) bond motifs is 1. The molecule has 3 aliphatic rings. The van der Waals surface area contributed by atoms with Crippen LogP contribution in [0.1, 0.15) is 42.5 Å². The van der Waals surface area contributed by atoms with Crippen LogP contribution in [0, 0.1) is 0 Å². The lowest BCUT2D eigenvalue weighted by molar-refractivity contribution is 0.0382. The maximum atomic E-state index is 13.2. The van der Waals surface area contributed by atoms with Gasteiger partial charge in [0.25, 0.3) is 5.91 Å². The minimum atomic E-state index is -0.865. The number of aromatic nitrogens is 2. The molecule has 2 amide bonds. The Morgan fingerprint density at radius 2 is 1.92 bits per heavy atom. The van der Waals surface area contributed by atoms with E-state index in [0.29, 0.717) is 18.7 Å². The quantitative estimate of drug-likeness (QED) is 0.812. The molecule has 1 aromatic rings. The standard InChI is InChI=1S/C16H23N5O3/c22-14(12-11-18-21-8-2-6-17-13(12)21)20-7-1-3-16(20)4-9-19(10-5-16)15(23)24/h11,17H,1-10H2,(H,23,24). The number of nitrogens with zero attached hydrogens (tertiary/aromatic N) is 4. The molecule has 2 N–H and O–H groups in total. The van der Waals surface area contributed by atoms with E-state index < -0.39 is 6.09 Å². The number of rotatable bonds is 1. The Kier molecular flexibility index (Phi) is 3.62. The van der Waals surface area contributed by atoms with Crippen LogP contribution in [0.5, 0.6) is 0 Å². The summed E-state index contributed by atoms with van der Waals surface area (Å²) in [5.74, 6) is 0.864. The SMILES string of the molecule is O=C(O)N1CCC2(CCCN2C(=O)c2cnn3c2NCCC3)CC1. The van der Waals surface area contributed by atoms with Crippen molar-refractivity contribution in [2.45, 2.75) is 44.2 Å². The van der Waals surface area contributed by atoms with Gasteiger partial charge in [0.2, 0.25) is 0 Å². The lowest BCUT2D eigenvalue weighted by Gasteiger charge is -2.44. The average Bonchev–Trinajstić information content (AvgIpc) is 3.19. The molecule has 2 fully saturated rings. The molecule has 0 bridgehead atoms. The first-order valence-electron chi connectivity index (χ1n) is 8.70. The highest BCUT2D eigenvalue weighted by Gasteiger charge is 2.46. The van der Waals surface area contributed by atoms with Crippen molar-refractivity contribution in [3.63, 3.8) is 0 Å². The molecule has 3 aliphatic heterocycles. The molecule has 0 aromatic carbocycles. The number of aryl methyl sites for hydroxylation is 1. The number of carbonyl (C=O) groups excluding carboxylic acids is 1. The van der Waals surface area contributed by atoms with E-state index in [-0.39, 0.29) is 11.4 Å². The van der Waals surface area contributed by atoms with Crippen molar-refractivity contribution in [1.29, 1.82) is 0 Å². The van der Waals surface area contributed by atoms with Crippen LogP contribution in [0.4, 0.5) is 10.6 Å². The maximum Gasteiger partial charge on any atom is 0.407 e.